The molecule has 2 nitrogen and oxygen atoms in total. The summed E-state index contributed by atoms with van der Waals surface area (Å²) in [6, 6.07) is 21.9. The Hall–Kier alpha value is -2.91. The standard InChI is InChI=1S/C34H41NOS/c1-4-7-9-13-23-35-30-21-18-27(6-3)25-33(30)37-34-26-28(19-22-31(34)35)17-20-29-15-11-12-16-32(29)36-24-14-10-8-5-2/h6,11-12,15-22,25-26H,3-5,7-10,13-14,23-24H2,1-2H3/b20-17+. The smallest absolute Gasteiger partial charge is 0.126 e. The van der Waals surface area contributed by atoms with Crippen LogP contribution in [-0.2, 0) is 0 Å². The molecule has 3 aromatic carbocycles. The van der Waals surface area contributed by atoms with Crippen LogP contribution in [0.15, 0.2) is 77.0 Å². The molecule has 194 valence electrons. The van der Waals surface area contributed by atoms with Crippen LogP contribution in [-0.4, -0.2) is 13.2 Å². The van der Waals surface area contributed by atoms with Gasteiger partial charge in [-0.1, -0.05) is 119 Å². The molecule has 0 bridgehead atoms. The van der Waals surface area contributed by atoms with Crippen molar-refractivity contribution in [3.05, 3.63) is 83.9 Å². The summed E-state index contributed by atoms with van der Waals surface area (Å²) >= 11 is 1.87. The molecule has 3 heteroatoms. The summed E-state index contributed by atoms with van der Waals surface area (Å²) in [7, 11) is 0. The van der Waals surface area contributed by atoms with Crippen molar-refractivity contribution in [1.29, 1.82) is 0 Å². The Kier molecular flexibility index (Phi) is 10.4. The molecule has 4 rings (SSSR count). The first kappa shape index (κ1) is 27.1. The lowest BCUT2D eigenvalue weighted by atomic mass is 10.1. The first-order chi connectivity index (χ1) is 18.2. The number of ether oxygens (including phenoxy) is 1. The van der Waals surface area contributed by atoms with Crippen molar-refractivity contribution in [2.24, 2.45) is 0 Å². The number of para-hydroxylation sites is 1. The van der Waals surface area contributed by atoms with Gasteiger partial charge in [-0.15, -0.1) is 0 Å². The first-order valence-corrected chi connectivity index (χ1v) is 14.8. The van der Waals surface area contributed by atoms with Crippen LogP contribution in [0.2, 0.25) is 0 Å². The lowest BCUT2D eigenvalue weighted by Crippen LogP contribution is -2.22. The summed E-state index contributed by atoms with van der Waals surface area (Å²) in [5.41, 5.74) is 6.13. The molecule has 0 aliphatic carbocycles. The summed E-state index contributed by atoms with van der Waals surface area (Å²) < 4.78 is 6.12. The van der Waals surface area contributed by atoms with E-state index in [0.29, 0.717) is 0 Å². The molecule has 0 saturated carbocycles. The number of nitrogens with zero attached hydrogens (tertiary/aromatic N) is 1. The number of unbranched alkanes of at least 4 members (excludes halogenated alkanes) is 6. The van der Waals surface area contributed by atoms with Crippen molar-refractivity contribution in [2.75, 3.05) is 18.1 Å². The number of hydrogen-bond donors (Lipinski definition) is 0. The lowest BCUT2D eigenvalue weighted by Gasteiger charge is -2.33. The topological polar surface area (TPSA) is 12.5 Å². The van der Waals surface area contributed by atoms with Crippen LogP contribution in [0.25, 0.3) is 18.2 Å². The molecule has 0 spiro atoms. The normalized spacial score (nSPS) is 12.4. The van der Waals surface area contributed by atoms with E-state index < -0.39 is 0 Å². The molecule has 0 unspecified atom stereocenters. The van der Waals surface area contributed by atoms with Gasteiger partial charge < -0.3 is 9.64 Å². The minimum Gasteiger partial charge on any atom is -0.493 e. The number of rotatable bonds is 14. The van der Waals surface area contributed by atoms with E-state index in [0.717, 1.165) is 30.9 Å². The van der Waals surface area contributed by atoms with Gasteiger partial charge in [0.2, 0.25) is 0 Å². The number of fused-ring (bicyclic) bond motifs is 2. The van der Waals surface area contributed by atoms with Crippen molar-refractivity contribution in [1.82, 2.24) is 0 Å². The van der Waals surface area contributed by atoms with Gasteiger partial charge in [-0.3, -0.25) is 0 Å². The Morgan fingerprint density at radius 2 is 1.43 bits per heavy atom. The fourth-order valence-electron chi connectivity index (χ4n) is 4.73. The molecule has 1 aliphatic rings. The highest BCUT2D eigenvalue weighted by molar-refractivity contribution is 7.99. The van der Waals surface area contributed by atoms with Crippen LogP contribution in [0.1, 0.15) is 81.9 Å². The predicted octanol–water partition coefficient (Wildman–Crippen LogP) is 10.6. The molecule has 1 aliphatic heterocycles. The van der Waals surface area contributed by atoms with E-state index in [2.05, 4.69) is 98.1 Å². The zero-order chi connectivity index (χ0) is 25.9. The van der Waals surface area contributed by atoms with Gasteiger partial charge in [0.1, 0.15) is 5.75 Å². The second-order valence-corrected chi connectivity index (χ2v) is 10.8. The number of benzene rings is 3. The molecular weight excluding hydrogens is 470 g/mol. The van der Waals surface area contributed by atoms with Crippen molar-refractivity contribution in [2.45, 2.75) is 75.0 Å². The monoisotopic (exact) mass is 511 g/mol. The number of anilines is 2. The fourth-order valence-corrected chi connectivity index (χ4v) is 5.93. The Morgan fingerprint density at radius 3 is 2.16 bits per heavy atom. The molecule has 0 N–H and O–H groups in total. The van der Waals surface area contributed by atoms with Crippen LogP contribution >= 0.6 is 11.8 Å². The van der Waals surface area contributed by atoms with Crippen molar-refractivity contribution < 1.29 is 4.74 Å². The Labute approximate surface area is 228 Å². The second-order valence-electron chi connectivity index (χ2n) is 9.75. The molecule has 1 heterocycles. The van der Waals surface area contributed by atoms with E-state index in [-0.39, 0.29) is 0 Å². The fraction of sp³-hybridized carbons (Fsp3) is 0.353. The van der Waals surface area contributed by atoms with Gasteiger partial charge in [0, 0.05) is 21.9 Å². The van der Waals surface area contributed by atoms with Gasteiger partial charge in [0.05, 0.1) is 18.0 Å². The molecule has 3 aromatic rings. The van der Waals surface area contributed by atoms with E-state index in [1.165, 1.54) is 77.2 Å². The predicted molar refractivity (Wildman–Crippen MR) is 163 cm³/mol. The second kappa shape index (κ2) is 14.1. The van der Waals surface area contributed by atoms with E-state index in [9.17, 15) is 0 Å². The van der Waals surface area contributed by atoms with Crippen molar-refractivity contribution >= 4 is 41.4 Å². The van der Waals surface area contributed by atoms with E-state index in [1.54, 1.807) is 0 Å². The van der Waals surface area contributed by atoms with Gasteiger partial charge >= 0.3 is 0 Å². The Bertz CT molecular complexity index is 1200. The Balaban J connectivity index is 1.53. The van der Waals surface area contributed by atoms with Gasteiger partial charge in [-0.05, 0) is 54.3 Å². The van der Waals surface area contributed by atoms with E-state index in [1.807, 2.05) is 17.8 Å². The summed E-state index contributed by atoms with van der Waals surface area (Å²) in [5.74, 6) is 0.965. The molecule has 0 fully saturated rings. The largest absolute Gasteiger partial charge is 0.493 e. The quantitative estimate of drug-likeness (QED) is 0.158. The van der Waals surface area contributed by atoms with Crippen molar-refractivity contribution in [3.63, 3.8) is 0 Å². The average Bonchev–Trinajstić information content (AvgIpc) is 2.93. The maximum Gasteiger partial charge on any atom is 0.126 e. The molecule has 0 amide bonds. The lowest BCUT2D eigenvalue weighted by molar-refractivity contribution is 0.304. The maximum atomic E-state index is 6.12. The van der Waals surface area contributed by atoms with Crippen LogP contribution < -0.4 is 9.64 Å². The van der Waals surface area contributed by atoms with E-state index >= 15 is 0 Å². The maximum absolute atomic E-state index is 6.12. The minimum atomic E-state index is 0.778. The SMILES string of the molecule is C=Cc1ccc2c(c1)Sc1cc(/C=C/c3ccccc3OCCCCCC)ccc1N2CCCCCC. The first-order valence-electron chi connectivity index (χ1n) is 14.0. The summed E-state index contributed by atoms with van der Waals surface area (Å²) in [6.07, 6.45) is 16.2. The van der Waals surface area contributed by atoms with Gasteiger partial charge in [0.25, 0.3) is 0 Å². The summed E-state index contributed by atoms with van der Waals surface area (Å²) in [4.78, 5) is 5.13. The van der Waals surface area contributed by atoms with Crippen LogP contribution in [0.4, 0.5) is 11.4 Å². The van der Waals surface area contributed by atoms with Crippen LogP contribution in [0, 0.1) is 0 Å². The molecule has 0 atom stereocenters. The molecule has 0 aromatic heterocycles. The third-order valence-electron chi connectivity index (χ3n) is 6.87. The highest BCUT2D eigenvalue weighted by atomic mass is 32.2. The Morgan fingerprint density at radius 1 is 0.757 bits per heavy atom. The van der Waals surface area contributed by atoms with Gasteiger partial charge in [-0.25, -0.2) is 0 Å². The van der Waals surface area contributed by atoms with E-state index in [4.69, 9.17) is 4.74 Å². The summed E-state index contributed by atoms with van der Waals surface area (Å²) in [6.45, 7) is 10.3. The molecule has 0 saturated heterocycles. The van der Waals surface area contributed by atoms with Crippen molar-refractivity contribution in [3.8, 4) is 5.75 Å². The number of hydrogen-bond acceptors (Lipinski definition) is 3. The molecular formula is C34H41NOS. The van der Waals surface area contributed by atoms with Gasteiger partial charge in [0.15, 0.2) is 0 Å². The highest BCUT2D eigenvalue weighted by Gasteiger charge is 2.23. The zero-order valence-electron chi connectivity index (χ0n) is 22.5. The van der Waals surface area contributed by atoms with Crippen LogP contribution in [0.3, 0.4) is 0 Å². The zero-order valence-corrected chi connectivity index (χ0v) is 23.4. The average molecular weight is 512 g/mol. The third-order valence-corrected chi connectivity index (χ3v) is 7.96. The molecule has 37 heavy (non-hydrogen) atoms. The highest BCUT2D eigenvalue weighted by Crippen LogP contribution is 2.49. The van der Waals surface area contributed by atoms with Crippen LogP contribution in [0.5, 0.6) is 5.75 Å². The van der Waals surface area contributed by atoms with Gasteiger partial charge in [-0.2, -0.15) is 0 Å². The third kappa shape index (κ3) is 7.32. The summed E-state index contributed by atoms with van der Waals surface area (Å²) in [5, 5.41) is 0. The molecule has 0 radical (unpaired) electrons. The minimum absolute atomic E-state index is 0.778.